The van der Waals surface area contributed by atoms with Gasteiger partial charge < -0.3 is 20.5 Å². The Kier molecular flexibility index (Phi) is 5.14. The van der Waals surface area contributed by atoms with E-state index in [4.69, 9.17) is 15.2 Å². The number of aromatic nitrogens is 4. The monoisotopic (exact) mass is 468 g/mol. The number of benzene rings is 3. The molecule has 174 valence electrons. The molecule has 2 aromatic heterocycles. The van der Waals surface area contributed by atoms with E-state index in [1.54, 1.807) is 22.9 Å². The van der Waals surface area contributed by atoms with Crippen LogP contribution < -0.4 is 20.5 Å². The Balaban J connectivity index is 1.40. The smallest absolute Gasteiger partial charge is 0.231 e. The first-order valence-corrected chi connectivity index (χ1v) is 11.1. The van der Waals surface area contributed by atoms with Crippen LogP contribution in [0.3, 0.4) is 0 Å². The van der Waals surface area contributed by atoms with Crippen molar-refractivity contribution in [1.29, 1.82) is 0 Å². The van der Waals surface area contributed by atoms with Gasteiger partial charge in [0.25, 0.3) is 0 Å². The predicted molar refractivity (Wildman–Crippen MR) is 131 cm³/mol. The molecular weight excluding hydrogens is 447 g/mol. The molecule has 9 heteroatoms. The molecule has 0 saturated heterocycles. The molecule has 6 rings (SSSR count). The lowest BCUT2D eigenvalue weighted by molar-refractivity contribution is 0.174. The second-order valence-corrected chi connectivity index (χ2v) is 8.14. The van der Waals surface area contributed by atoms with Gasteiger partial charge in [0.15, 0.2) is 17.1 Å². The highest BCUT2D eigenvalue weighted by molar-refractivity contribution is 5.99. The number of rotatable bonds is 6. The van der Waals surface area contributed by atoms with Crippen LogP contribution in [-0.4, -0.2) is 26.5 Å². The molecule has 0 amide bonds. The summed E-state index contributed by atoms with van der Waals surface area (Å²) >= 11 is 0. The van der Waals surface area contributed by atoms with E-state index in [9.17, 15) is 4.39 Å². The Hall–Kier alpha value is -4.66. The fourth-order valence-corrected chi connectivity index (χ4v) is 4.09. The van der Waals surface area contributed by atoms with E-state index in [1.807, 2.05) is 48.5 Å². The van der Waals surface area contributed by atoms with Gasteiger partial charge in [0.1, 0.15) is 11.6 Å². The first kappa shape index (κ1) is 20.9. The van der Waals surface area contributed by atoms with Gasteiger partial charge in [-0.05, 0) is 35.4 Å². The molecule has 5 aromatic rings. The second kappa shape index (κ2) is 8.60. The minimum atomic E-state index is -0.399. The van der Waals surface area contributed by atoms with Crippen LogP contribution in [0.1, 0.15) is 11.1 Å². The van der Waals surface area contributed by atoms with Gasteiger partial charge in [0.2, 0.25) is 12.7 Å². The fourth-order valence-electron chi connectivity index (χ4n) is 4.09. The van der Waals surface area contributed by atoms with Gasteiger partial charge >= 0.3 is 0 Å². The topological polar surface area (TPSA) is 100 Å². The number of nitrogen functional groups attached to an aromatic ring is 1. The van der Waals surface area contributed by atoms with Crippen molar-refractivity contribution in [1.82, 2.24) is 19.7 Å². The quantitative estimate of drug-likeness (QED) is 0.376. The van der Waals surface area contributed by atoms with Crippen molar-refractivity contribution >= 4 is 22.8 Å². The van der Waals surface area contributed by atoms with Gasteiger partial charge in [0, 0.05) is 12.1 Å². The van der Waals surface area contributed by atoms with Crippen LogP contribution >= 0.6 is 0 Å². The average molecular weight is 468 g/mol. The molecule has 0 fully saturated rings. The fraction of sp³-hybridized carbons (Fsp3) is 0.115. The summed E-state index contributed by atoms with van der Waals surface area (Å²) in [5.74, 6) is 1.71. The van der Waals surface area contributed by atoms with Crippen molar-refractivity contribution in [3.05, 3.63) is 89.7 Å². The van der Waals surface area contributed by atoms with E-state index in [2.05, 4.69) is 20.4 Å². The molecule has 0 spiro atoms. The summed E-state index contributed by atoms with van der Waals surface area (Å²) in [7, 11) is 0. The van der Waals surface area contributed by atoms with Crippen molar-refractivity contribution in [3.8, 4) is 22.8 Å². The van der Waals surface area contributed by atoms with Gasteiger partial charge in [0.05, 0.1) is 17.6 Å². The Labute approximate surface area is 200 Å². The zero-order chi connectivity index (χ0) is 23.8. The van der Waals surface area contributed by atoms with E-state index in [0.717, 1.165) is 11.1 Å². The molecule has 3 aromatic carbocycles. The van der Waals surface area contributed by atoms with Crippen LogP contribution in [-0.2, 0) is 13.1 Å². The lowest BCUT2D eigenvalue weighted by Gasteiger charge is -2.10. The zero-order valence-electron chi connectivity index (χ0n) is 18.6. The Bertz CT molecular complexity index is 1540. The van der Waals surface area contributed by atoms with Crippen LogP contribution in [0.15, 0.2) is 72.8 Å². The Morgan fingerprint density at radius 3 is 2.57 bits per heavy atom. The highest BCUT2D eigenvalue weighted by Gasteiger charge is 2.21. The van der Waals surface area contributed by atoms with Crippen molar-refractivity contribution < 1.29 is 13.9 Å². The van der Waals surface area contributed by atoms with Crippen molar-refractivity contribution in [2.75, 3.05) is 17.8 Å². The van der Waals surface area contributed by atoms with Gasteiger partial charge in [-0.25, -0.2) is 14.1 Å². The number of nitrogens with one attached hydrogen (secondary N) is 1. The summed E-state index contributed by atoms with van der Waals surface area (Å²) in [5.41, 5.74) is 9.59. The molecule has 35 heavy (non-hydrogen) atoms. The molecule has 3 heterocycles. The number of halogens is 1. The number of anilines is 2. The summed E-state index contributed by atoms with van der Waals surface area (Å²) < 4.78 is 27.3. The molecule has 1 aliphatic rings. The van der Waals surface area contributed by atoms with E-state index in [1.165, 1.54) is 6.07 Å². The van der Waals surface area contributed by atoms with Gasteiger partial charge in [-0.2, -0.15) is 4.98 Å². The lowest BCUT2D eigenvalue weighted by Crippen LogP contribution is -2.06. The minimum absolute atomic E-state index is 0.213. The minimum Gasteiger partial charge on any atom is -0.454 e. The third kappa shape index (κ3) is 3.97. The van der Waals surface area contributed by atoms with E-state index in [0.29, 0.717) is 58.6 Å². The van der Waals surface area contributed by atoms with Gasteiger partial charge in [-0.3, -0.25) is 0 Å². The molecule has 0 saturated carbocycles. The molecule has 1 aliphatic heterocycles. The molecule has 0 unspecified atom stereocenters. The zero-order valence-corrected chi connectivity index (χ0v) is 18.6. The van der Waals surface area contributed by atoms with Gasteiger partial charge in [-0.1, -0.05) is 48.5 Å². The van der Waals surface area contributed by atoms with Gasteiger partial charge in [-0.15, -0.1) is 5.10 Å². The maximum Gasteiger partial charge on any atom is 0.231 e. The average Bonchev–Trinajstić information content (AvgIpc) is 3.47. The molecule has 8 nitrogen and oxygen atoms in total. The normalized spacial score (nSPS) is 12.3. The number of nitrogens with two attached hydrogens (primary N) is 1. The maximum absolute atomic E-state index is 14.8. The van der Waals surface area contributed by atoms with Crippen molar-refractivity contribution in [2.24, 2.45) is 0 Å². The first-order chi connectivity index (χ1) is 17.2. The Morgan fingerprint density at radius 2 is 1.71 bits per heavy atom. The van der Waals surface area contributed by atoms with E-state index < -0.39 is 5.82 Å². The summed E-state index contributed by atoms with van der Waals surface area (Å²) in [6.07, 6.45) is 0. The number of hydrogen-bond donors (Lipinski definition) is 2. The standard InChI is InChI=1S/C26H21FN6O2/c27-19-9-5-4-8-18(19)23-22-24(28)33(14-16-6-2-1-3-7-16)32-25(22)31-26(30-23)29-13-17-10-11-20-21(12-17)35-15-34-20/h1-12H,13-15,28H2,(H,29,31,32). The van der Waals surface area contributed by atoms with Crippen LogP contribution in [0.4, 0.5) is 16.2 Å². The summed E-state index contributed by atoms with van der Waals surface area (Å²) in [4.78, 5) is 9.24. The van der Waals surface area contributed by atoms with E-state index in [-0.39, 0.29) is 6.79 Å². The SMILES string of the molecule is Nc1c2c(-c3ccccc3F)nc(NCc3ccc4c(c3)OCO4)nc2nn1Cc1ccccc1. The number of nitrogens with zero attached hydrogens (tertiary/aromatic N) is 4. The van der Waals surface area contributed by atoms with Crippen LogP contribution in [0, 0.1) is 5.82 Å². The largest absolute Gasteiger partial charge is 0.454 e. The third-order valence-electron chi connectivity index (χ3n) is 5.83. The van der Waals surface area contributed by atoms with Crippen LogP contribution in [0.25, 0.3) is 22.3 Å². The number of fused-ring (bicyclic) bond motifs is 2. The highest BCUT2D eigenvalue weighted by Crippen LogP contribution is 2.34. The first-order valence-electron chi connectivity index (χ1n) is 11.1. The van der Waals surface area contributed by atoms with Crippen LogP contribution in [0.2, 0.25) is 0 Å². The highest BCUT2D eigenvalue weighted by atomic mass is 19.1. The molecule has 0 atom stereocenters. The molecular formula is C26H21FN6O2. The lowest BCUT2D eigenvalue weighted by atomic mass is 10.1. The summed E-state index contributed by atoms with van der Waals surface area (Å²) in [6.45, 7) is 1.10. The summed E-state index contributed by atoms with van der Waals surface area (Å²) in [6, 6.07) is 22.0. The van der Waals surface area contributed by atoms with Crippen molar-refractivity contribution in [3.63, 3.8) is 0 Å². The molecule has 0 aliphatic carbocycles. The van der Waals surface area contributed by atoms with E-state index >= 15 is 0 Å². The number of hydrogen-bond acceptors (Lipinski definition) is 7. The number of ether oxygens (including phenoxy) is 2. The molecule has 3 N–H and O–H groups in total. The third-order valence-corrected chi connectivity index (χ3v) is 5.83. The second-order valence-electron chi connectivity index (χ2n) is 8.14. The maximum atomic E-state index is 14.8. The molecule has 0 radical (unpaired) electrons. The molecule has 0 bridgehead atoms. The van der Waals surface area contributed by atoms with Crippen molar-refractivity contribution in [2.45, 2.75) is 13.1 Å². The predicted octanol–water partition coefficient (Wildman–Crippen LogP) is 4.60. The Morgan fingerprint density at radius 1 is 0.914 bits per heavy atom. The summed E-state index contributed by atoms with van der Waals surface area (Å²) in [5, 5.41) is 8.36. The van der Waals surface area contributed by atoms with Crippen LogP contribution in [0.5, 0.6) is 11.5 Å².